The fourth-order valence-electron chi connectivity index (χ4n) is 5.01. The molecule has 4 N–H and O–H groups in total. The Bertz CT molecular complexity index is 1350. The van der Waals surface area contributed by atoms with Crippen molar-refractivity contribution in [3.05, 3.63) is 59.1 Å². The van der Waals surface area contributed by atoms with E-state index >= 15 is 0 Å². The molecule has 2 aromatic heterocycles. The van der Waals surface area contributed by atoms with Crippen molar-refractivity contribution >= 4 is 38.2 Å². The fourth-order valence-corrected chi connectivity index (χ4v) is 6.25. The van der Waals surface area contributed by atoms with Gasteiger partial charge in [0.05, 0.1) is 7.11 Å². The summed E-state index contributed by atoms with van der Waals surface area (Å²) in [5.41, 5.74) is 6.50. The van der Waals surface area contributed by atoms with Crippen LogP contribution in [0, 0.1) is 0 Å². The lowest BCUT2D eigenvalue weighted by atomic mass is 9.90. The molecule has 0 aliphatic carbocycles. The monoisotopic (exact) mass is 493 g/mol. The number of carbonyl (C=O) groups excluding carboxylic acids is 1. The number of nitrogens with zero attached hydrogens (tertiary/aromatic N) is 1. The maximum Gasteiger partial charge on any atom is 0.265 e. The van der Waals surface area contributed by atoms with Gasteiger partial charge >= 0.3 is 0 Å². The lowest BCUT2D eigenvalue weighted by Crippen LogP contribution is -2.45. The number of fused-ring (bicyclic) bond motifs is 2. The van der Waals surface area contributed by atoms with Crippen LogP contribution in [0.25, 0.3) is 21.0 Å². The molecule has 184 valence electrons. The minimum Gasteiger partial charge on any atom is -0.497 e. The van der Waals surface area contributed by atoms with Crippen molar-refractivity contribution < 1.29 is 19.4 Å². The standard InChI is InChI=1S/C27H31N3O4S/c1-16-10-18(25-11-17-6-7-20(33-2)12-26(17)35-25)8-9-30(16)14-19(31)15-34-24-5-3-4-22-21(24)13-23(29-22)27(28)32/h3-7,11-13,16,18-19,29,31H,8-10,14-15H2,1-2H3,(H2,28,32)/t16-,18-,19+/m1/s1. The van der Waals surface area contributed by atoms with E-state index in [0.29, 0.717) is 29.9 Å². The van der Waals surface area contributed by atoms with Gasteiger partial charge in [0.1, 0.15) is 29.9 Å². The van der Waals surface area contributed by atoms with Crippen molar-refractivity contribution in [2.45, 2.75) is 37.8 Å². The Kier molecular flexibility index (Phi) is 6.69. The lowest BCUT2D eigenvalue weighted by molar-refractivity contribution is 0.0408. The molecule has 2 aromatic carbocycles. The molecule has 1 aliphatic rings. The van der Waals surface area contributed by atoms with Crippen LogP contribution in [0.2, 0.25) is 0 Å². The number of ether oxygens (including phenoxy) is 2. The van der Waals surface area contributed by atoms with Crippen LogP contribution in [-0.4, -0.2) is 59.8 Å². The second-order valence-electron chi connectivity index (χ2n) is 9.35. The number of amides is 1. The third-order valence-electron chi connectivity index (χ3n) is 6.93. The highest BCUT2D eigenvalue weighted by atomic mass is 32.1. The van der Waals surface area contributed by atoms with Gasteiger partial charge in [-0.05, 0) is 80.1 Å². The first-order valence-electron chi connectivity index (χ1n) is 11.9. The average molecular weight is 494 g/mol. The van der Waals surface area contributed by atoms with E-state index in [2.05, 4.69) is 35.0 Å². The third kappa shape index (κ3) is 5.00. The maximum atomic E-state index is 11.5. The van der Waals surface area contributed by atoms with E-state index in [1.54, 1.807) is 13.2 Å². The second kappa shape index (κ2) is 9.89. The summed E-state index contributed by atoms with van der Waals surface area (Å²) in [5.74, 6) is 1.54. The first kappa shape index (κ1) is 23.7. The number of aliphatic hydroxyl groups excluding tert-OH is 1. The number of nitrogens with one attached hydrogen (secondary N) is 1. The van der Waals surface area contributed by atoms with Crippen LogP contribution in [0.1, 0.15) is 41.0 Å². The van der Waals surface area contributed by atoms with E-state index in [9.17, 15) is 9.90 Å². The molecule has 1 aliphatic heterocycles. The summed E-state index contributed by atoms with van der Waals surface area (Å²) in [7, 11) is 1.70. The molecule has 3 atom stereocenters. The van der Waals surface area contributed by atoms with Gasteiger partial charge in [0, 0.05) is 33.1 Å². The van der Waals surface area contributed by atoms with Gasteiger partial charge in [-0.1, -0.05) is 6.07 Å². The number of primary amides is 1. The quantitative estimate of drug-likeness (QED) is 0.336. The van der Waals surface area contributed by atoms with Gasteiger partial charge in [-0.25, -0.2) is 0 Å². The molecular weight excluding hydrogens is 462 g/mol. The molecule has 0 saturated carbocycles. The number of H-pyrrole nitrogens is 1. The molecule has 1 fully saturated rings. The van der Waals surface area contributed by atoms with Gasteiger partial charge in [0.2, 0.25) is 0 Å². The van der Waals surface area contributed by atoms with E-state index < -0.39 is 12.0 Å². The predicted molar refractivity (Wildman–Crippen MR) is 140 cm³/mol. The number of hydrogen-bond acceptors (Lipinski definition) is 6. The van der Waals surface area contributed by atoms with Crippen LogP contribution < -0.4 is 15.2 Å². The zero-order valence-corrected chi connectivity index (χ0v) is 20.8. The Morgan fingerprint density at radius 2 is 2.14 bits per heavy atom. The Hall–Kier alpha value is -3.07. The molecule has 1 saturated heterocycles. The molecule has 0 spiro atoms. The molecule has 1 amide bonds. The van der Waals surface area contributed by atoms with Crippen LogP contribution in [0.4, 0.5) is 0 Å². The van der Waals surface area contributed by atoms with Gasteiger partial charge < -0.3 is 25.3 Å². The number of β-amino-alcohol motifs (C(OH)–C–C–N with tert-alkyl or cyclic N) is 1. The Labute approximate surface area is 208 Å². The number of likely N-dealkylation sites (tertiary alicyclic amines) is 1. The molecule has 0 bridgehead atoms. The Morgan fingerprint density at radius 3 is 2.91 bits per heavy atom. The van der Waals surface area contributed by atoms with Gasteiger partial charge in [0.15, 0.2) is 0 Å². The molecule has 5 rings (SSSR count). The van der Waals surface area contributed by atoms with Crippen molar-refractivity contribution in [1.82, 2.24) is 9.88 Å². The van der Waals surface area contributed by atoms with Crippen LogP contribution in [0.5, 0.6) is 11.5 Å². The molecule has 35 heavy (non-hydrogen) atoms. The number of hydrogen-bond donors (Lipinski definition) is 3. The SMILES string of the molecule is COc1ccc2cc([C@@H]3CCN(C[C@H](O)COc4cccc5[nH]c(C(N)=O)cc45)[C@H](C)C3)sc2c1. The average Bonchev–Trinajstić information content (AvgIpc) is 3.48. The van der Waals surface area contributed by atoms with Crippen molar-refractivity contribution in [2.75, 3.05) is 26.8 Å². The summed E-state index contributed by atoms with van der Waals surface area (Å²) >= 11 is 1.86. The van der Waals surface area contributed by atoms with Crippen LogP contribution in [0.3, 0.4) is 0 Å². The highest BCUT2D eigenvalue weighted by Gasteiger charge is 2.29. The molecule has 8 heteroatoms. The van der Waals surface area contributed by atoms with E-state index in [1.165, 1.54) is 15.0 Å². The summed E-state index contributed by atoms with van der Waals surface area (Å²) in [6.45, 7) is 3.92. The predicted octanol–water partition coefficient (Wildman–Crippen LogP) is 4.50. The number of piperidine rings is 1. The number of aromatic nitrogens is 1. The van der Waals surface area contributed by atoms with Gasteiger partial charge in [-0.3, -0.25) is 9.69 Å². The van der Waals surface area contributed by atoms with Crippen LogP contribution >= 0.6 is 11.3 Å². The minimum atomic E-state index is -0.615. The number of carbonyl (C=O) groups is 1. The van der Waals surface area contributed by atoms with E-state index in [4.69, 9.17) is 15.2 Å². The van der Waals surface area contributed by atoms with Gasteiger partial charge in [-0.2, -0.15) is 0 Å². The first-order valence-corrected chi connectivity index (χ1v) is 12.8. The normalized spacial score (nSPS) is 19.7. The van der Waals surface area contributed by atoms with E-state index in [0.717, 1.165) is 36.0 Å². The number of aromatic amines is 1. The number of nitrogens with two attached hydrogens (primary N) is 1. The van der Waals surface area contributed by atoms with E-state index in [-0.39, 0.29) is 6.61 Å². The smallest absolute Gasteiger partial charge is 0.265 e. The number of methoxy groups -OCH3 is 1. The Balaban J connectivity index is 1.17. The fraction of sp³-hybridized carbons (Fsp3) is 0.370. The number of aliphatic hydroxyl groups is 1. The largest absolute Gasteiger partial charge is 0.497 e. The van der Waals surface area contributed by atoms with E-state index in [1.807, 2.05) is 35.6 Å². The van der Waals surface area contributed by atoms with Crippen molar-refractivity contribution in [3.8, 4) is 11.5 Å². The molecule has 0 unspecified atom stereocenters. The molecule has 4 aromatic rings. The maximum absolute atomic E-state index is 11.5. The highest BCUT2D eigenvalue weighted by molar-refractivity contribution is 7.19. The molecule has 0 radical (unpaired) electrons. The summed E-state index contributed by atoms with van der Waals surface area (Å²) in [5, 5.41) is 12.8. The minimum absolute atomic E-state index is 0.182. The van der Waals surface area contributed by atoms with Crippen LogP contribution in [-0.2, 0) is 0 Å². The van der Waals surface area contributed by atoms with Crippen molar-refractivity contribution in [3.63, 3.8) is 0 Å². The number of thiophene rings is 1. The van der Waals surface area contributed by atoms with Crippen molar-refractivity contribution in [1.29, 1.82) is 0 Å². The molecule has 7 nitrogen and oxygen atoms in total. The number of rotatable bonds is 8. The zero-order valence-electron chi connectivity index (χ0n) is 20.0. The third-order valence-corrected chi connectivity index (χ3v) is 8.19. The van der Waals surface area contributed by atoms with Crippen molar-refractivity contribution in [2.24, 2.45) is 5.73 Å². The zero-order chi connectivity index (χ0) is 24.5. The van der Waals surface area contributed by atoms with Gasteiger partial charge in [-0.15, -0.1) is 11.3 Å². The molecular formula is C27H31N3O4S. The number of benzene rings is 2. The molecule has 3 heterocycles. The second-order valence-corrected chi connectivity index (χ2v) is 10.5. The van der Waals surface area contributed by atoms with Crippen LogP contribution in [0.15, 0.2) is 48.5 Å². The summed E-state index contributed by atoms with van der Waals surface area (Å²) in [6, 6.07) is 16.2. The first-order chi connectivity index (χ1) is 16.9. The van der Waals surface area contributed by atoms with Gasteiger partial charge in [0.25, 0.3) is 5.91 Å². The summed E-state index contributed by atoms with van der Waals surface area (Å²) in [6.07, 6.45) is 1.52. The topological polar surface area (TPSA) is 101 Å². The Morgan fingerprint density at radius 1 is 1.29 bits per heavy atom. The lowest BCUT2D eigenvalue weighted by Gasteiger charge is -2.38. The highest BCUT2D eigenvalue weighted by Crippen LogP contribution is 2.39. The summed E-state index contributed by atoms with van der Waals surface area (Å²) < 4.78 is 12.6. The summed E-state index contributed by atoms with van der Waals surface area (Å²) in [4.78, 5) is 18.3.